The van der Waals surface area contributed by atoms with Crippen molar-refractivity contribution in [3.05, 3.63) is 29.8 Å². The van der Waals surface area contributed by atoms with Gasteiger partial charge in [0.1, 0.15) is 6.73 Å². The lowest BCUT2D eigenvalue weighted by atomic mass is 10.0. The monoisotopic (exact) mass is 460 g/mol. The highest BCUT2D eigenvalue weighted by Crippen LogP contribution is 2.37. The fourth-order valence-corrected chi connectivity index (χ4v) is 5.43. The zero-order valence-corrected chi connectivity index (χ0v) is 20.4. The maximum Gasteiger partial charge on any atom is 0.274 e. The topological polar surface area (TPSA) is 69.5 Å². The Bertz CT molecular complexity index is 959. The predicted octanol–water partition coefficient (Wildman–Crippen LogP) is 4.56. The summed E-state index contributed by atoms with van der Waals surface area (Å²) in [6.07, 6.45) is 6.51. The lowest BCUT2D eigenvalue weighted by Crippen LogP contribution is -2.44. The Morgan fingerprint density at radius 2 is 1.91 bits per heavy atom. The summed E-state index contributed by atoms with van der Waals surface area (Å²) in [5.74, 6) is -0.262. The van der Waals surface area contributed by atoms with Gasteiger partial charge in [-0.2, -0.15) is 5.10 Å². The van der Waals surface area contributed by atoms with Crippen LogP contribution in [0.5, 0.6) is 5.88 Å². The SMILES string of the molecule is COc1cc(-c2cc(C(=O)N3[C@@H]4CCC[C@H]3CC4)nn2COCC[Si](C)(C)C)c(F)cn1. The third kappa shape index (κ3) is 4.88. The largest absolute Gasteiger partial charge is 0.481 e. The molecule has 0 saturated carbocycles. The molecule has 2 fully saturated rings. The molecule has 0 spiro atoms. The number of piperidine rings is 1. The van der Waals surface area contributed by atoms with Crippen LogP contribution in [0.25, 0.3) is 11.3 Å². The lowest BCUT2D eigenvalue weighted by Gasteiger charge is -2.34. The van der Waals surface area contributed by atoms with E-state index in [0.29, 0.717) is 41.5 Å². The maximum atomic E-state index is 14.7. The molecule has 2 aliphatic rings. The van der Waals surface area contributed by atoms with E-state index in [0.717, 1.165) is 37.9 Å². The first kappa shape index (κ1) is 22.9. The molecule has 0 radical (unpaired) electrons. The molecular formula is C23H33FN4O3Si. The van der Waals surface area contributed by atoms with Crippen LogP contribution in [0.1, 0.15) is 42.6 Å². The van der Waals surface area contributed by atoms with Crippen LogP contribution < -0.4 is 4.74 Å². The standard InChI is InChI=1S/C23H33FN4O3Si/c1-30-22-12-18(19(24)14-25-22)21-13-20(26-27(21)15-31-10-11-32(2,3)4)23(29)28-16-6-5-7-17(28)9-8-16/h12-14,16-17H,5-11,15H2,1-4H3/t16-,17+. The van der Waals surface area contributed by atoms with Crippen LogP contribution in [0.3, 0.4) is 0 Å². The molecule has 2 saturated heterocycles. The fraction of sp³-hybridized carbons (Fsp3) is 0.609. The summed E-state index contributed by atoms with van der Waals surface area (Å²) in [5, 5.41) is 4.57. The molecule has 4 rings (SSSR count). The number of ether oxygens (including phenoxy) is 2. The Kier molecular flexibility index (Phi) is 6.66. The molecule has 0 aliphatic carbocycles. The Balaban J connectivity index is 1.63. The number of fused-ring (bicyclic) bond motifs is 2. The molecule has 2 aromatic heterocycles. The lowest BCUT2D eigenvalue weighted by molar-refractivity contribution is 0.0579. The van der Waals surface area contributed by atoms with Crippen molar-refractivity contribution in [1.29, 1.82) is 0 Å². The van der Waals surface area contributed by atoms with Gasteiger partial charge in [0.2, 0.25) is 5.88 Å². The summed E-state index contributed by atoms with van der Waals surface area (Å²) >= 11 is 0. The van der Waals surface area contributed by atoms with E-state index in [1.165, 1.54) is 19.6 Å². The van der Waals surface area contributed by atoms with E-state index < -0.39 is 13.9 Å². The van der Waals surface area contributed by atoms with Crippen molar-refractivity contribution in [2.75, 3.05) is 13.7 Å². The molecule has 4 heterocycles. The average molecular weight is 461 g/mol. The van der Waals surface area contributed by atoms with E-state index in [1.54, 1.807) is 10.7 Å². The first-order valence-electron chi connectivity index (χ1n) is 11.4. The van der Waals surface area contributed by atoms with Gasteiger partial charge in [-0.05, 0) is 44.2 Å². The average Bonchev–Trinajstić information content (AvgIpc) is 3.28. The van der Waals surface area contributed by atoms with Crippen molar-refractivity contribution in [2.24, 2.45) is 0 Å². The highest BCUT2D eigenvalue weighted by molar-refractivity contribution is 6.76. The smallest absolute Gasteiger partial charge is 0.274 e. The van der Waals surface area contributed by atoms with Crippen LogP contribution in [-0.4, -0.2) is 59.4 Å². The van der Waals surface area contributed by atoms with E-state index in [4.69, 9.17) is 9.47 Å². The van der Waals surface area contributed by atoms with Crippen LogP contribution in [0.4, 0.5) is 4.39 Å². The number of carbonyl (C=O) groups is 1. The number of pyridine rings is 1. The van der Waals surface area contributed by atoms with E-state index in [9.17, 15) is 9.18 Å². The number of hydrogen-bond acceptors (Lipinski definition) is 5. The summed E-state index contributed by atoms with van der Waals surface area (Å²) < 4.78 is 27.4. The Morgan fingerprint density at radius 3 is 2.56 bits per heavy atom. The van der Waals surface area contributed by atoms with Crippen LogP contribution in [0.15, 0.2) is 18.3 Å². The highest BCUT2D eigenvalue weighted by Gasteiger charge is 2.40. The summed E-state index contributed by atoms with van der Waals surface area (Å²) in [4.78, 5) is 19.4. The minimum atomic E-state index is -1.24. The molecule has 32 heavy (non-hydrogen) atoms. The molecule has 2 aromatic rings. The van der Waals surface area contributed by atoms with E-state index >= 15 is 0 Å². The molecule has 174 valence electrons. The number of amides is 1. The normalized spacial score (nSPS) is 20.6. The maximum absolute atomic E-state index is 14.7. The molecule has 0 N–H and O–H groups in total. The van der Waals surface area contributed by atoms with Crippen LogP contribution in [-0.2, 0) is 11.5 Å². The minimum absolute atomic E-state index is 0.0688. The van der Waals surface area contributed by atoms with E-state index in [1.807, 2.05) is 4.90 Å². The van der Waals surface area contributed by atoms with Crippen molar-refractivity contribution >= 4 is 14.0 Å². The number of halogens is 1. The minimum Gasteiger partial charge on any atom is -0.481 e. The molecule has 0 unspecified atom stereocenters. The van der Waals surface area contributed by atoms with Gasteiger partial charge >= 0.3 is 0 Å². The van der Waals surface area contributed by atoms with Crippen molar-refractivity contribution < 1.29 is 18.7 Å². The van der Waals surface area contributed by atoms with Gasteiger partial charge in [0.25, 0.3) is 5.91 Å². The fourth-order valence-electron chi connectivity index (χ4n) is 4.67. The van der Waals surface area contributed by atoms with Crippen molar-refractivity contribution in [1.82, 2.24) is 19.7 Å². The Labute approximate surface area is 189 Å². The summed E-state index contributed by atoms with van der Waals surface area (Å²) in [7, 11) is 0.250. The number of hydrogen-bond donors (Lipinski definition) is 0. The Hall–Kier alpha value is -2.26. The second kappa shape index (κ2) is 9.31. The highest BCUT2D eigenvalue weighted by atomic mass is 28.3. The molecule has 2 bridgehead atoms. The third-order valence-electron chi connectivity index (χ3n) is 6.45. The van der Waals surface area contributed by atoms with Crippen molar-refractivity contribution in [3.63, 3.8) is 0 Å². The van der Waals surface area contributed by atoms with Gasteiger partial charge in [-0.3, -0.25) is 4.79 Å². The second-order valence-corrected chi connectivity index (χ2v) is 15.6. The van der Waals surface area contributed by atoms with E-state index in [-0.39, 0.29) is 12.6 Å². The first-order valence-corrected chi connectivity index (χ1v) is 15.2. The van der Waals surface area contributed by atoms with Gasteiger partial charge in [-0.1, -0.05) is 19.6 Å². The first-order chi connectivity index (χ1) is 15.3. The number of carbonyl (C=O) groups excluding carboxylic acids is 1. The Morgan fingerprint density at radius 1 is 1.19 bits per heavy atom. The van der Waals surface area contributed by atoms with Crippen LogP contribution >= 0.6 is 0 Å². The summed E-state index contributed by atoms with van der Waals surface area (Å²) in [6, 6.07) is 4.81. The van der Waals surface area contributed by atoms with E-state index in [2.05, 4.69) is 29.7 Å². The molecule has 9 heteroatoms. The van der Waals surface area contributed by atoms with Gasteiger partial charge in [-0.25, -0.2) is 14.1 Å². The van der Waals surface area contributed by atoms with Crippen LogP contribution in [0, 0.1) is 5.82 Å². The zero-order valence-electron chi connectivity index (χ0n) is 19.4. The molecule has 1 amide bonds. The number of rotatable bonds is 8. The second-order valence-electron chi connectivity index (χ2n) is 10.00. The van der Waals surface area contributed by atoms with Gasteiger partial charge in [0.15, 0.2) is 11.5 Å². The summed E-state index contributed by atoms with van der Waals surface area (Å²) in [5.41, 5.74) is 1.12. The molecule has 0 aromatic carbocycles. The third-order valence-corrected chi connectivity index (χ3v) is 8.16. The van der Waals surface area contributed by atoms with Crippen LogP contribution in [0.2, 0.25) is 25.7 Å². The molecule has 7 nitrogen and oxygen atoms in total. The van der Waals surface area contributed by atoms with Crippen molar-refractivity contribution in [3.8, 4) is 17.1 Å². The number of nitrogens with zero attached hydrogens (tertiary/aromatic N) is 4. The molecule has 2 aliphatic heterocycles. The predicted molar refractivity (Wildman–Crippen MR) is 123 cm³/mol. The number of aromatic nitrogens is 3. The number of methoxy groups -OCH3 is 1. The van der Waals surface area contributed by atoms with Gasteiger partial charge in [-0.15, -0.1) is 0 Å². The van der Waals surface area contributed by atoms with Gasteiger partial charge in [0, 0.05) is 38.4 Å². The molecule has 2 atom stereocenters. The van der Waals surface area contributed by atoms with Crippen molar-refractivity contribution in [2.45, 2.75) is 76.6 Å². The summed E-state index contributed by atoms with van der Waals surface area (Å²) in [6.45, 7) is 7.63. The zero-order chi connectivity index (χ0) is 22.9. The quantitative estimate of drug-likeness (QED) is 0.427. The molecular weight excluding hydrogens is 427 g/mol. The van der Waals surface area contributed by atoms with Gasteiger partial charge in [0.05, 0.1) is 19.0 Å². The van der Waals surface area contributed by atoms with Gasteiger partial charge < -0.3 is 14.4 Å².